The van der Waals surface area contributed by atoms with E-state index in [1.165, 1.54) is 11.3 Å². The van der Waals surface area contributed by atoms with Crippen LogP contribution in [0.4, 0.5) is 11.4 Å². The Morgan fingerprint density at radius 3 is 2.73 bits per heavy atom. The van der Waals surface area contributed by atoms with Crippen LogP contribution in [0, 0.1) is 0 Å². The van der Waals surface area contributed by atoms with Crippen molar-refractivity contribution in [2.75, 3.05) is 37.0 Å². The molecule has 134 valence electrons. The number of hydrogen-bond acceptors (Lipinski definition) is 5. The minimum atomic E-state index is 0.497. The topological polar surface area (TPSA) is 41.5 Å². The van der Waals surface area contributed by atoms with Gasteiger partial charge in [0, 0.05) is 38.1 Å². The smallest absolute Gasteiger partial charge is 0.213 e. The first kappa shape index (κ1) is 16.6. The molecule has 1 aliphatic heterocycles. The lowest BCUT2D eigenvalue weighted by atomic mass is 10.0. The summed E-state index contributed by atoms with van der Waals surface area (Å²) in [7, 11) is 3.84. The van der Waals surface area contributed by atoms with E-state index >= 15 is 0 Å². The Bertz CT molecular complexity index is 921. The number of methoxy groups -OCH3 is 1. The summed E-state index contributed by atoms with van der Waals surface area (Å²) in [5, 5.41) is 0. The molecule has 0 unspecified atom stereocenters. The van der Waals surface area contributed by atoms with Gasteiger partial charge >= 0.3 is 0 Å². The molecule has 0 radical (unpaired) electrons. The lowest BCUT2D eigenvalue weighted by molar-refractivity contribution is 0.399. The molecule has 0 atom stereocenters. The maximum absolute atomic E-state index is 5.29. The van der Waals surface area contributed by atoms with Crippen LogP contribution in [0.1, 0.15) is 12.5 Å². The number of pyridine rings is 2. The first-order valence-electron chi connectivity index (χ1n) is 9.06. The van der Waals surface area contributed by atoms with Crippen LogP contribution in [0.5, 0.6) is 5.88 Å². The second kappa shape index (κ2) is 6.83. The third-order valence-electron chi connectivity index (χ3n) is 5.25. The SMILES string of the molecule is CCc1ccccc1N(C)C1CN(c2ccnc3ccc(OC)nc23)C1. The zero-order chi connectivity index (χ0) is 18.1. The summed E-state index contributed by atoms with van der Waals surface area (Å²) in [5.74, 6) is 0.623. The molecule has 4 rings (SSSR count). The summed E-state index contributed by atoms with van der Waals surface area (Å²) in [6, 6.07) is 15.0. The second-order valence-electron chi connectivity index (χ2n) is 6.70. The number of para-hydroxylation sites is 1. The van der Waals surface area contributed by atoms with E-state index in [-0.39, 0.29) is 0 Å². The molecule has 0 bridgehead atoms. The van der Waals surface area contributed by atoms with Crippen LogP contribution in [-0.2, 0) is 6.42 Å². The highest BCUT2D eigenvalue weighted by Crippen LogP contribution is 2.32. The first-order chi connectivity index (χ1) is 12.7. The van der Waals surface area contributed by atoms with E-state index in [0.29, 0.717) is 11.9 Å². The highest BCUT2D eigenvalue weighted by atomic mass is 16.5. The zero-order valence-electron chi connectivity index (χ0n) is 15.5. The predicted molar refractivity (Wildman–Crippen MR) is 106 cm³/mol. The molecule has 0 saturated carbocycles. The van der Waals surface area contributed by atoms with Crippen molar-refractivity contribution in [3.8, 4) is 5.88 Å². The number of hydrogen-bond donors (Lipinski definition) is 0. The number of fused-ring (bicyclic) bond motifs is 1. The van der Waals surface area contributed by atoms with Crippen LogP contribution in [-0.4, -0.2) is 43.3 Å². The van der Waals surface area contributed by atoms with Gasteiger partial charge in [-0.05, 0) is 30.2 Å². The van der Waals surface area contributed by atoms with Gasteiger partial charge in [-0.15, -0.1) is 0 Å². The third-order valence-corrected chi connectivity index (χ3v) is 5.25. The molecule has 0 amide bonds. The third kappa shape index (κ3) is 2.83. The number of rotatable bonds is 5. The molecule has 1 fully saturated rings. The van der Waals surface area contributed by atoms with Crippen molar-refractivity contribution >= 4 is 22.4 Å². The normalized spacial score (nSPS) is 14.3. The van der Waals surface area contributed by atoms with Gasteiger partial charge in [-0.25, -0.2) is 4.98 Å². The van der Waals surface area contributed by atoms with Crippen LogP contribution in [0.2, 0.25) is 0 Å². The number of aromatic nitrogens is 2. The standard InChI is InChI=1S/C21H24N4O/c1-4-15-7-5-6-8-18(15)24(2)16-13-25(14-16)19-11-12-22-17-9-10-20(26-3)23-21(17)19/h5-12,16H,4,13-14H2,1-3H3. The molecule has 1 aromatic carbocycles. The average molecular weight is 348 g/mol. The molecule has 5 heteroatoms. The summed E-state index contributed by atoms with van der Waals surface area (Å²) in [6.07, 6.45) is 2.91. The van der Waals surface area contributed by atoms with Gasteiger partial charge in [-0.1, -0.05) is 25.1 Å². The Labute approximate surface area is 154 Å². The van der Waals surface area contributed by atoms with E-state index < -0.39 is 0 Å². The summed E-state index contributed by atoms with van der Waals surface area (Å²) >= 11 is 0. The number of nitrogens with zero attached hydrogens (tertiary/aromatic N) is 4. The highest BCUT2D eigenvalue weighted by molar-refractivity contribution is 5.88. The van der Waals surface area contributed by atoms with Crippen molar-refractivity contribution in [3.63, 3.8) is 0 Å². The molecule has 0 aliphatic carbocycles. The van der Waals surface area contributed by atoms with Gasteiger partial charge in [0.15, 0.2) is 0 Å². The molecular formula is C21H24N4O. The van der Waals surface area contributed by atoms with Crippen LogP contribution < -0.4 is 14.5 Å². The molecule has 3 heterocycles. The lowest BCUT2D eigenvalue weighted by Crippen LogP contribution is -2.59. The van der Waals surface area contributed by atoms with E-state index in [2.05, 4.69) is 58.0 Å². The number of benzene rings is 1. The summed E-state index contributed by atoms with van der Waals surface area (Å²) in [6.45, 7) is 4.17. The Morgan fingerprint density at radius 2 is 1.96 bits per heavy atom. The Kier molecular flexibility index (Phi) is 4.37. The Balaban J connectivity index is 1.55. The molecular weight excluding hydrogens is 324 g/mol. The van der Waals surface area contributed by atoms with Gasteiger partial charge in [0.1, 0.15) is 5.52 Å². The molecule has 1 aliphatic rings. The highest BCUT2D eigenvalue weighted by Gasteiger charge is 2.32. The number of ether oxygens (including phenoxy) is 1. The number of likely N-dealkylation sites (N-methyl/N-ethyl adjacent to an activating group) is 1. The van der Waals surface area contributed by atoms with Crippen LogP contribution in [0.3, 0.4) is 0 Å². The fourth-order valence-corrected chi connectivity index (χ4v) is 3.61. The monoisotopic (exact) mass is 348 g/mol. The van der Waals surface area contributed by atoms with Gasteiger partial charge < -0.3 is 14.5 Å². The van der Waals surface area contributed by atoms with Crippen molar-refractivity contribution in [3.05, 3.63) is 54.2 Å². The Morgan fingerprint density at radius 1 is 1.15 bits per heavy atom. The minimum absolute atomic E-state index is 0.497. The molecule has 5 nitrogen and oxygen atoms in total. The van der Waals surface area contributed by atoms with Gasteiger partial charge in [0.05, 0.1) is 24.4 Å². The second-order valence-corrected chi connectivity index (χ2v) is 6.70. The summed E-state index contributed by atoms with van der Waals surface area (Å²) < 4.78 is 5.29. The van der Waals surface area contributed by atoms with Crippen molar-refractivity contribution < 1.29 is 4.74 Å². The average Bonchev–Trinajstić information content (AvgIpc) is 2.66. The van der Waals surface area contributed by atoms with Crippen LogP contribution in [0.15, 0.2) is 48.7 Å². The van der Waals surface area contributed by atoms with Crippen molar-refractivity contribution in [2.45, 2.75) is 19.4 Å². The zero-order valence-corrected chi connectivity index (χ0v) is 15.5. The van der Waals surface area contributed by atoms with E-state index in [0.717, 1.165) is 36.2 Å². The summed E-state index contributed by atoms with van der Waals surface area (Å²) in [5.41, 5.74) is 5.66. The van der Waals surface area contributed by atoms with Crippen molar-refractivity contribution in [1.29, 1.82) is 0 Å². The molecule has 26 heavy (non-hydrogen) atoms. The fourth-order valence-electron chi connectivity index (χ4n) is 3.61. The number of anilines is 2. The maximum Gasteiger partial charge on any atom is 0.213 e. The lowest BCUT2D eigenvalue weighted by Gasteiger charge is -2.46. The van der Waals surface area contributed by atoms with Crippen LogP contribution in [0.25, 0.3) is 11.0 Å². The largest absolute Gasteiger partial charge is 0.481 e. The predicted octanol–water partition coefficient (Wildman–Crippen LogP) is 3.53. The molecule has 3 aromatic rings. The molecule has 2 aromatic heterocycles. The van der Waals surface area contributed by atoms with Gasteiger partial charge in [-0.2, -0.15) is 0 Å². The van der Waals surface area contributed by atoms with E-state index in [4.69, 9.17) is 4.74 Å². The molecule has 0 spiro atoms. The van der Waals surface area contributed by atoms with Gasteiger partial charge in [-0.3, -0.25) is 4.98 Å². The minimum Gasteiger partial charge on any atom is -0.481 e. The van der Waals surface area contributed by atoms with Gasteiger partial charge in [0.25, 0.3) is 0 Å². The van der Waals surface area contributed by atoms with E-state index in [1.807, 2.05) is 24.4 Å². The fraction of sp³-hybridized carbons (Fsp3) is 0.333. The van der Waals surface area contributed by atoms with Gasteiger partial charge in [0.2, 0.25) is 5.88 Å². The summed E-state index contributed by atoms with van der Waals surface area (Å²) in [4.78, 5) is 13.8. The molecule has 1 saturated heterocycles. The first-order valence-corrected chi connectivity index (χ1v) is 9.06. The van der Waals surface area contributed by atoms with Crippen molar-refractivity contribution in [1.82, 2.24) is 9.97 Å². The maximum atomic E-state index is 5.29. The molecule has 0 N–H and O–H groups in total. The van der Waals surface area contributed by atoms with E-state index in [1.54, 1.807) is 7.11 Å². The quantitative estimate of drug-likeness (QED) is 0.706. The van der Waals surface area contributed by atoms with Crippen molar-refractivity contribution in [2.24, 2.45) is 0 Å². The number of aryl methyl sites for hydroxylation is 1. The van der Waals surface area contributed by atoms with Crippen LogP contribution >= 0.6 is 0 Å². The Hall–Kier alpha value is -2.82. The van der Waals surface area contributed by atoms with E-state index in [9.17, 15) is 0 Å².